The van der Waals surface area contributed by atoms with E-state index in [4.69, 9.17) is 15.9 Å². The molecule has 2 fully saturated rings. The van der Waals surface area contributed by atoms with E-state index in [0.717, 1.165) is 13.1 Å². The van der Waals surface area contributed by atoms with Gasteiger partial charge in [0.05, 0.1) is 18.8 Å². The van der Waals surface area contributed by atoms with Gasteiger partial charge in [-0.3, -0.25) is 15.1 Å². The summed E-state index contributed by atoms with van der Waals surface area (Å²) in [6, 6.07) is 0.315. The first kappa shape index (κ1) is 17.7. The van der Waals surface area contributed by atoms with Gasteiger partial charge >= 0.3 is 6.18 Å². The molecule has 0 saturated carbocycles. The van der Waals surface area contributed by atoms with Crippen molar-refractivity contribution in [2.75, 3.05) is 39.4 Å². The first-order valence-corrected chi connectivity index (χ1v) is 7.53. The summed E-state index contributed by atoms with van der Waals surface area (Å²) in [5, 5.41) is 7.10. The molecule has 0 aromatic rings. The van der Waals surface area contributed by atoms with Crippen molar-refractivity contribution in [3.05, 3.63) is 11.8 Å². The summed E-state index contributed by atoms with van der Waals surface area (Å²) in [5.41, 5.74) is 2.67. The van der Waals surface area contributed by atoms with Crippen molar-refractivity contribution in [3.8, 4) is 0 Å². The van der Waals surface area contributed by atoms with Crippen LogP contribution in [0.5, 0.6) is 0 Å². The average molecular weight is 334 g/mol. The fourth-order valence-corrected chi connectivity index (χ4v) is 2.96. The minimum atomic E-state index is -4.88. The van der Waals surface area contributed by atoms with Gasteiger partial charge in [0.15, 0.2) is 0 Å². The van der Waals surface area contributed by atoms with Gasteiger partial charge in [0, 0.05) is 38.4 Å². The molecule has 0 radical (unpaired) electrons. The Kier molecular flexibility index (Phi) is 5.64. The smallest absolute Gasteiger partial charge is 0.404 e. The van der Waals surface area contributed by atoms with E-state index in [1.165, 1.54) is 4.90 Å². The largest absolute Gasteiger partial charge is 0.433 e. The molecule has 3 N–H and O–H groups in total. The lowest BCUT2D eigenvalue weighted by Gasteiger charge is -2.40. The van der Waals surface area contributed by atoms with E-state index in [1.807, 2.05) is 0 Å². The molecule has 2 rings (SSSR count). The van der Waals surface area contributed by atoms with Crippen LogP contribution >= 0.6 is 0 Å². The summed E-state index contributed by atoms with van der Waals surface area (Å²) in [7, 11) is 0. The second kappa shape index (κ2) is 7.31. The van der Waals surface area contributed by atoms with Crippen LogP contribution in [0.1, 0.15) is 12.8 Å². The van der Waals surface area contributed by atoms with E-state index in [-0.39, 0.29) is 0 Å². The number of rotatable bonds is 3. The zero-order valence-corrected chi connectivity index (χ0v) is 12.7. The number of hydrogen-bond acceptors (Lipinski definition) is 5. The van der Waals surface area contributed by atoms with Gasteiger partial charge in [-0.25, -0.2) is 0 Å². The van der Waals surface area contributed by atoms with Crippen LogP contribution in [-0.4, -0.2) is 73.0 Å². The van der Waals surface area contributed by atoms with Crippen LogP contribution in [-0.2, 0) is 9.53 Å². The highest BCUT2D eigenvalue weighted by Gasteiger charge is 2.40. The average Bonchev–Trinajstić information content (AvgIpc) is 2.55. The van der Waals surface area contributed by atoms with E-state index >= 15 is 0 Å². The lowest BCUT2D eigenvalue weighted by molar-refractivity contribution is -0.129. The molecule has 2 aliphatic heterocycles. The van der Waals surface area contributed by atoms with E-state index < -0.39 is 23.4 Å². The summed E-state index contributed by atoms with van der Waals surface area (Å²) in [5.74, 6) is -0.824. The van der Waals surface area contributed by atoms with Crippen molar-refractivity contribution in [2.24, 2.45) is 5.73 Å². The van der Waals surface area contributed by atoms with Crippen molar-refractivity contribution in [1.29, 1.82) is 5.41 Å². The number of halogens is 3. The Morgan fingerprint density at radius 1 is 1.17 bits per heavy atom. The molecule has 0 aliphatic carbocycles. The molecule has 2 saturated heterocycles. The molecule has 6 nitrogen and oxygen atoms in total. The summed E-state index contributed by atoms with van der Waals surface area (Å²) in [4.78, 5) is 15.8. The van der Waals surface area contributed by atoms with E-state index in [0.29, 0.717) is 51.4 Å². The highest BCUT2D eigenvalue weighted by atomic mass is 19.4. The van der Waals surface area contributed by atoms with Crippen molar-refractivity contribution in [2.45, 2.75) is 25.1 Å². The Balaban J connectivity index is 1.93. The Bertz CT molecular complexity index is 479. The quantitative estimate of drug-likeness (QED) is 0.589. The Hall–Kier alpha value is -1.61. The zero-order chi connectivity index (χ0) is 17.0. The molecule has 0 spiro atoms. The zero-order valence-electron chi connectivity index (χ0n) is 12.7. The van der Waals surface area contributed by atoms with Gasteiger partial charge in [-0.2, -0.15) is 13.2 Å². The number of nitrogens with two attached hydrogens (primary N) is 1. The maximum atomic E-state index is 12.6. The monoisotopic (exact) mass is 334 g/mol. The molecule has 0 aromatic heterocycles. The van der Waals surface area contributed by atoms with Crippen LogP contribution in [0.15, 0.2) is 11.8 Å². The number of nitrogens with one attached hydrogen (secondary N) is 1. The third-order valence-electron chi connectivity index (χ3n) is 4.26. The number of piperidine rings is 1. The number of alkyl halides is 3. The first-order valence-electron chi connectivity index (χ1n) is 7.53. The predicted octanol–water partition coefficient (Wildman–Crippen LogP) is 0.734. The first-order chi connectivity index (χ1) is 10.8. The van der Waals surface area contributed by atoms with E-state index in [1.54, 1.807) is 0 Å². The van der Waals surface area contributed by atoms with Crippen LogP contribution in [0.3, 0.4) is 0 Å². The molecule has 2 aliphatic rings. The van der Waals surface area contributed by atoms with Gasteiger partial charge in [0.25, 0.3) is 5.91 Å². The summed E-state index contributed by atoms with van der Waals surface area (Å²) in [6.07, 6.45) is -2.91. The summed E-state index contributed by atoms with van der Waals surface area (Å²) >= 11 is 0. The fraction of sp³-hybridized carbons (Fsp3) is 0.714. The van der Waals surface area contributed by atoms with Gasteiger partial charge in [-0.15, -0.1) is 0 Å². The number of carbonyl (C=O) groups is 1. The number of ether oxygens (including phenoxy) is 1. The van der Waals surface area contributed by atoms with Crippen molar-refractivity contribution in [1.82, 2.24) is 9.80 Å². The maximum absolute atomic E-state index is 12.6. The minimum absolute atomic E-state index is 0.315. The minimum Gasteiger partial charge on any atom is -0.404 e. The van der Waals surface area contributed by atoms with Crippen LogP contribution in [0, 0.1) is 5.41 Å². The van der Waals surface area contributed by atoms with Crippen LogP contribution in [0.2, 0.25) is 0 Å². The highest BCUT2D eigenvalue weighted by molar-refractivity contribution is 6.22. The van der Waals surface area contributed by atoms with Crippen molar-refractivity contribution in [3.63, 3.8) is 0 Å². The van der Waals surface area contributed by atoms with Gasteiger partial charge < -0.3 is 15.4 Å². The number of carbonyl (C=O) groups excluding carboxylic acids is 1. The van der Waals surface area contributed by atoms with Gasteiger partial charge in [0.2, 0.25) is 0 Å². The van der Waals surface area contributed by atoms with Crippen LogP contribution in [0.4, 0.5) is 13.2 Å². The molecular weight excluding hydrogens is 313 g/mol. The van der Waals surface area contributed by atoms with Crippen molar-refractivity contribution >= 4 is 11.6 Å². The number of amides is 1. The predicted molar refractivity (Wildman–Crippen MR) is 78.0 cm³/mol. The van der Waals surface area contributed by atoms with Crippen molar-refractivity contribution < 1.29 is 22.7 Å². The third-order valence-corrected chi connectivity index (χ3v) is 4.26. The van der Waals surface area contributed by atoms with E-state index in [2.05, 4.69) is 4.90 Å². The second-order valence-electron chi connectivity index (χ2n) is 5.62. The molecule has 1 amide bonds. The molecule has 9 heteroatoms. The Morgan fingerprint density at radius 3 is 2.22 bits per heavy atom. The molecule has 130 valence electrons. The van der Waals surface area contributed by atoms with Gasteiger partial charge in [0.1, 0.15) is 5.71 Å². The molecular formula is C14H21F3N4O2. The molecule has 0 unspecified atom stereocenters. The number of likely N-dealkylation sites (tertiary alicyclic amines) is 1. The highest BCUT2D eigenvalue weighted by Crippen LogP contribution is 2.24. The molecule has 0 atom stereocenters. The normalized spacial score (nSPS) is 22.2. The van der Waals surface area contributed by atoms with Crippen LogP contribution < -0.4 is 5.73 Å². The Morgan fingerprint density at radius 2 is 1.74 bits per heavy atom. The maximum Gasteiger partial charge on any atom is 0.433 e. The lowest BCUT2D eigenvalue weighted by atomic mass is 10.0. The topological polar surface area (TPSA) is 82.6 Å². The fourth-order valence-electron chi connectivity index (χ4n) is 2.96. The lowest BCUT2D eigenvalue weighted by Crippen LogP contribution is -2.50. The second-order valence-corrected chi connectivity index (χ2v) is 5.62. The third kappa shape index (κ3) is 4.23. The van der Waals surface area contributed by atoms with Crippen LogP contribution in [0.25, 0.3) is 0 Å². The summed E-state index contributed by atoms with van der Waals surface area (Å²) < 4.78 is 43.1. The molecule has 0 aromatic carbocycles. The SMILES string of the molecule is N=C(/C(=C\N)C(=O)N1CCC(N2CCOCC2)CC1)C(F)(F)F. The number of hydrogen-bond donors (Lipinski definition) is 2. The number of nitrogens with zero attached hydrogens (tertiary/aromatic N) is 2. The Labute approximate surface area is 132 Å². The molecule has 0 bridgehead atoms. The van der Waals surface area contributed by atoms with Gasteiger partial charge in [-0.1, -0.05) is 0 Å². The molecule has 23 heavy (non-hydrogen) atoms. The van der Waals surface area contributed by atoms with Gasteiger partial charge in [-0.05, 0) is 12.8 Å². The number of morpholine rings is 1. The summed E-state index contributed by atoms with van der Waals surface area (Å²) in [6.45, 7) is 3.77. The van der Waals surface area contributed by atoms with E-state index in [9.17, 15) is 18.0 Å². The molecule has 2 heterocycles. The standard InChI is InChI=1S/C14H21F3N4O2/c15-14(16,17)12(19)11(9-18)13(22)21-3-1-10(2-4-21)20-5-7-23-8-6-20/h9-10,19H,1-8,18H2/b11-9+,19-12?.